The largest absolute Gasteiger partial charge is 0.380 e. The van der Waals surface area contributed by atoms with Crippen LogP contribution in [0.4, 0.5) is 5.82 Å². The molecule has 2 aromatic rings. The number of nitrogens with zero attached hydrogens (tertiary/aromatic N) is 1. The van der Waals surface area contributed by atoms with Crippen molar-refractivity contribution >= 4 is 40.1 Å². The summed E-state index contributed by atoms with van der Waals surface area (Å²) in [4.78, 5) is 12.1. The number of hydrogen-bond acceptors (Lipinski definition) is 4. The van der Waals surface area contributed by atoms with Gasteiger partial charge in [0, 0.05) is 23.7 Å². The van der Waals surface area contributed by atoms with E-state index in [1.807, 2.05) is 31.2 Å². The van der Waals surface area contributed by atoms with Crippen molar-refractivity contribution in [1.82, 2.24) is 10.2 Å². The van der Waals surface area contributed by atoms with Crippen LogP contribution in [0.15, 0.2) is 28.7 Å². The molecule has 132 valence electrons. The summed E-state index contributed by atoms with van der Waals surface area (Å²) < 4.78 is 6.15. The van der Waals surface area contributed by atoms with Crippen LogP contribution in [0.1, 0.15) is 18.9 Å². The van der Waals surface area contributed by atoms with Crippen LogP contribution in [0.3, 0.4) is 0 Å². The lowest BCUT2D eigenvalue weighted by atomic mass is 10.1. The third-order valence-electron chi connectivity index (χ3n) is 3.62. The standard InChI is InChI=1S/C16H21BrN4O2.ClH/c1-3-13-15(10-4-6-11(17)7-5-10)20-21-16(13)19-14(22)8-12(9-18)23-2;/h4-7,12H,3,8-9,18H2,1-2H3,(H2,19,20,21,22);1H. The first-order valence-electron chi connectivity index (χ1n) is 7.44. The summed E-state index contributed by atoms with van der Waals surface area (Å²) in [6, 6.07) is 7.94. The second-order valence-electron chi connectivity index (χ2n) is 5.13. The van der Waals surface area contributed by atoms with E-state index in [2.05, 4.69) is 31.4 Å². The zero-order valence-electron chi connectivity index (χ0n) is 13.6. The van der Waals surface area contributed by atoms with E-state index in [-0.39, 0.29) is 30.8 Å². The van der Waals surface area contributed by atoms with Crippen molar-refractivity contribution < 1.29 is 9.53 Å². The number of aromatic amines is 1. The molecule has 0 aliphatic rings. The first-order valence-corrected chi connectivity index (χ1v) is 8.24. The van der Waals surface area contributed by atoms with Crippen LogP contribution in [0.2, 0.25) is 0 Å². The molecule has 1 heterocycles. The van der Waals surface area contributed by atoms with Gasteiger partial charge in [0.1, 0.15) is 0 Å². The number of methoxy groups -OCH3 is 1. The van der Waals surface area contributed by atoms with Crippen molar-refractivity contribution in [1.29, 1.82) is 0 Å². The second-order valence-corrected chi connectivity index (χ2v) is 6.05. The minimum atomic E-state index is -0.287. The highest BCUT2D eigenvalue weighted by Gasteiger charge is 2.17. The number of halogens is 2. The average molecular weight is 418 g/mol. The molecule has 0 saturated carbocycles. The van der Waals surface area contributed by atoms with Crippen molar-refractivity contribution in [2.24, 2.45) is 5.73 Å². The molecule has 2 rings (SSSR count). The van der Waals surface area contributed by atoms with Gasteiger partial charge in [-0.15, -0.1) is 12.4 Å². The molecule has 6 nitrogen and oxygen atoms in total. The van der Waals surface area contributed by atoms with Crippen LogP contribution in [-0.2, 0) is 16.0 Å². The normalized spacial score (nSPS) is 11.7. The summed E-state index contributed by atoms with van der Waals surface area (Å²) in [5, 5.41) is 10.1. The van der Waals surface area contributed by atoms with E-state index in [0.29, 0.717) is 12.4 Å². The Labute approximate surface area is 156 Å². The van der Waals surface area contributed by atoms with E-state index in [0.717, 1.165) is 27.7 Å². The molecule has 1 aromatic heterocycles. The third-order valence-corrected chi connectivity index (χ3v) is 4.15. The van der Waals surface area contributed by atoms with E-state index in [9.17, 15) is 4.79 Å². The maximum Gasteiger partial charge on any atom is 0.228 e. The van der Waals surface area contributed by atoms with E-state index in [1.165, 1.54) is 0 Å². The number of hydrogen-bond donors (Lipinski definition) is 3. The molecule has 0 aliphatic heterocycles. The first kappa shape index (κ1) is 20.6. The van der Waals surface area contributed by atoms with Gasteiger partial charge in [-0.1, -0.05) is 35.0 Å². The molecule has 1 unspecified atom stereocenters. The summed E-state index contributed by atoms with van der Waals surface area (Å²) in [5.41, 5.74) is 8.45. The smallest absolute Gasteiger partial charge is 0.228 e. The highest BCUT2D eigenvalue weighted by Crippen LogP contribution is 2.28. The first-order chi connectivity index (χ1) is 11.1. The zero-order valence-corrected chi connectivity index (χ0v) is 16.0. The topological polar surface area (TPSA) is 93.0 Å². The molecule has 4 N–H and O–H groups in total. The Hall–Kier alpha value is -1.41. The number of aromatic nitrogens is 2. The van der Waals surface area contributed by atoms with Gasteiger partial charge in [-0.3, -0.25) is 9.89 Å². The summed E-state index contributed by atoms with van der Waals surface area (Å²) in [6.07, 6.45) is 0.670. The number of benzene rings is 1. The molecule has 8 heteroatoms. The predicted octanol–water partition coefficient (Wildman–Crippen LogP) is 3.13. The van der Waals surface area contributed by atoms with Gasteiger partial charge >= 0.3 is 0 Å². The molecule has 0 spiro atoms. The zero-order chi connectivity index (χ0) is 16.8. The highest BCUT2D eigenvalue weighted by atomic mass is 79.9. The molecule has 0 fully saturated rings. The summed E-state index contributed by atoms with van der Waals surface area (Å²) >= 11 is 3.42. The van der Waals surface area contributed by atoms with Gasteiger partial charge < -0.3 is 15.8 Å². The maximum atomic E-state index is 12.1. The molecular formula is C16H22BrClN4O2. The molecule has 0 aliphatic carbocycles. The van der Waals surface area contributed by atoms with Gasteiger partial charge in [0.15, 0.2) is 5.82 Å². The van der Waals surface area contributed by atoms with Crippen LogP contribution < -0.4 is 11.1 Å². The van der Waals surface area contributed by atoms with Crippen molar-refractivity contribution in [2.75, 3.05) is 19.0 Å². The molecule has 1 amide bonds. The Kier molecular flexibility index (Phi) is 8.41. The molecule has 1 atom stereocenters. The molecule has 1 aromatic carbocycles. The minimum absolute atomic E-state index is 0. The third kappa shape index (κ3) is 5.04. The second kappa shape index (κ2) is 9.78. The number of H-pyrrole nitrogens is 1. The van der Waals surface area contributed by atoms with Crippen molar-refractivity contribution in [2.45, 2.75) is 25.9 Å². The number of nitrogens with one attached hydrogen (secondary N) is 2. The Morgan fingerprint density at radius 3 is 2.62 bits per heavy atom. The molecule has 0 saturated heterocycles. The fraction of sp³-hybridized carbons (Fsp3) is 0.375. The van der Waals surface area contributed by atoms with Crippen LogP contribution in [0.5, 0.6) is 0 Å². The summed E-state index contributed by atoms with van der Waals surface area (Å²) in [7, 11) is 1.54. The van der Waals surface area contributed by atoms with E-state index < -0.39 is 0 Å². The lowest BCUT2D eigenvalue weighted by molar-refractivity contribution is -0.118. The quantitative estimate of drug-likeness (QED) is 0.645. The van der Waals surface area contributed by atoms with Crippen LogP contribution in [0.25, 0.3) is 11.3 Å². The molecular weight excluding hydrogens is 396 g/mol. The van der Waals surface area contributed by atoms with Crippen molar-refractivity contribution in [3.63, 3.8) is 0 Å². The molecule has 0 radical (unpaired) electrons. The number of nitrogens with two attached hydrogens (primary N) is 1. The Bertz CT molecular complexity index is 657. The molecule has 0 bridgehead atoms. The summed E-state index contributed by atoms with van der Waals surface area (Å²) in [5.74, 6) is 0.396. The number of anilines is 1. The number of carbonyl (C=O) groups excluding carboxylic acids is 1. The maximum absolute atomic E-state index is 12.1. The predicted molar refractivity (Wildman–Crippen MR) is 101 cm³/mol. The van der Waals surface area contributed by atoms with Gasteiger partial charge in [-0.25, -0.2) is 0 Å². The monoisotopic (exact) mass is 416 g/mol. The van der Waals surface area contributed by atoms with Crippen LogP contribution >= 0.6 is 28.3 Å². The average Bonchev–Trinajstić information content (AvgIpc) is 2.95. The van der Waals surface area contributed by atoms with Gasteiger partial charge in [-0.05, 0) is 24.1 Å². The lowest BCUT2D eigenvalue weighted by Crippen LogP contribution is -2.28. The SMILES string of the molecule is CCc1c(NC(=O)CC(CN)OC)n[nH]c1-c1ccc(Br)cc1.Cl. The van der Waals surface area contributed by atoms with E-state index in [4.69, 9.17) is 10.5 Å². The van der Waals surface area contributed by atoms with Crippen molar-refractivity contribution in [3.05, 3.63) is 34.3 Å². The summed E-state index contributed by atoms with van der Waals surface area (Å²) in [6.45, 7) is 2.33. The van der Waals surface area contributed by atoms with Crippen molar-refractivity contribution in [3.8, 4) is 11.3 Å². The van der Waals surface area contributed by atoms with E-state index >= 15 is 0 Å². The number of ether oxygens (including phenoxy) is 1. The number of carbonyl (C=O) groups is 1. The van der Waals surface area contributed by atoms with Crippen LogP contribution in [0, 0.1) is 0 Å². The van der Waals surface area contributed by atoms with Gasteiger partial charge in [-0.2, -0.15) is 5.10 Å². The Balaban J connectivity index is 0.00000288. The lowest BCUT2D eigenvalue weighted by Gasteiger charge is -2.12. The fourth-order valence-corrected chi connectivity index (χ4v) is 2.59. The minimum Gasteiger partial charge on any atom is -0.380 e. The fourth-order valence-electron chi connectivity index (χ4n) is 2.32. The van der Waals surface area contributed by atoms with E-state index in [1.54, 1.807) is 7.11 Å². The number of rotatable bonds is 7. The van der Waals surface area contributed by atoms with Gasteiger partial charge in [0.05, 0.1) is 18.2 Å². The van der Waals surface area contributed by atoms with Gasteiger partial charge in [0.25, 0.3) is 0 Å². The number of amides is 1. The Morgan fingerprint density at radius 2 is 2.08 bits per heavy atom. The van der Waals surface area contributed by atoms with Gasteiger partial charge in [0.2, 0.25) is 5.91 Å². The highest BCUT2D eigenvalue weighted by molar-refractivity contribution is 9.10. The Morgan fingerprint density at radius 1 is 1.42 bits per heavy atom. The molecule has 24 heavy (non-hydrogen) atoms. The van der Waals surface area contributed by atoms with Crippen LogP contribution in [-0.4, -0.2) is 35.9 Å².